The van der Waals surface area contributed by atoms with E-state index in [1.54, 1.807) is 15.8 Å². The molecule has 0 saturated heterocycles. The van der Waals surface area contributed by atoms with Gasteiger partial charge in [0.05, 0.1) is 0 Å². The molecule has 0 atom stereocenters. The first-order valence-corrected chi connectivity index (χ1v) is 11.1. The molecule has 0 rings (SSSR count). The Bertz CT molecular complexity index is 196. The molecule has 0 aromatic rings. The summed E-state index contributed by atoms with van der Waals surface area (Å²) in [5, 5.41) is 4.74. The fourth-order valence-electron chi connectivity index (χ4n) is 3.06. The minimum Gasteiger partial charge on any atom is -0.0938 e. The number of allylic oxidation sites excluding steroid dienone is 2. The smallest absolute Gasteiger partial charge is 0.0938 e. The van der Waals surface area contributed by atoms with Crippen molar-refractivity contribution in [3.8, 4) is 0 Å². The van der Waals surface area contributed by atoms with Crippen LogP contribution in [0.25, 0.3) is 0 Å². The number of rotatable bonds is 12. The summed E-state index contributed by atoms with van der Waals surface area (Å²) in [4.78, 5) is 0. The third kappa shape index (κ3) is 14.5. The summed E-state index contributed by atoms with van der Waals surface area (Å²) >= 11 is -0.431. The van der Waals surface area contributed by atoms with Crippen LogP contribution in [-0.2, 0) is 0 Å². The van der Waals surface area contributed by atoms with Crippen molar-refractivity contribution in [2.24, 2.45) is 11.8 Å². The maximum absolute atomic E-state index is 2.40. The van der Waals surface area contributed by atoms with Crippen molar-refractivity contribution in [3.63, 3.8) is 0 Å². The summed E-state index contributed by atoms with van der Waals surface area (Å²) in [7, 11) is 0. The van der Waals surface area contributed by atoms with Gasteiger partial charge in [-0.3, -0.25) is 0 Å². The summed E-state index contributed by atoms with van der Waals surface area (Å²) in [6.45, 7) is 11.7. The molecule has 0 nitrogen and oxygen atoms in total. The molecule has 0 spiro atoms. The largest absolute Gasteiger partial charge is 0.262 e. The van der Waals surface area contributed by atoms with Gasteiger partial charge in [-0.25, -0.2) is 0 Å². The zero-order valence-electron chi connectivity index (χ0n) is 14.3. The van der Waals surface area contributed by atoms with E-state index in [-0.39, 0.29) is 0 Å². The molecule has 0 aliphatic carbocycles. The van der Waals surface area contributed by atoms with Crippen LogP contribution in [-0.4, -0.2) is 14.1 Å². The van der Waals surface area contributed by atoms with Crippen LogP contribution in [0.2, 0.25) is 15.8 Å². The van der Waals surface area contributed by atoms with Crippen molar-refractivity contribution in [1.29, 1.82) is 0 Å². The lowest BCUT2D eigenvalue weighted by Gasteiger charge is -2.16. The van der Waals surface area contributed by atoms with Crippen molar-refractivity contribution < 1.29 is 0 Å². The molecule has 0 aromatic heterocycles. The van der Waals surface area contributed by atoms with Crippen LogP contribution in [0.5, 0.6) is 0 Å². The van der Waals surface area contributed by atoms with Gasteiger partial charge in [-0.15, -0.1) is 0 Å². The highest BCUT2D eigenvalue weighted by Crippen LogP contribution is 2.20. The van der Waals surface area contributed by atoms with Crippen LogP contribution in [0.4, 0.5) is 0 Å². The van der Waals surface area contributed by atoms with E-state index in [1.807, 2.05) is 0 Å². The molecule has 0 radical (unpaired) electrons. The number of hydrogen-bond donors (Lipinski definition) is 0. The van der Waals surface area contributed by atoms with E-state index in [2.05, 4.69) is 46.8 Å². The summed E-state index contributed by atoms with van der Waals surface area (Å²) in [6.07, 6.45) is 13.0. The van der Waals surface area contributed by atoms with Gasteiger partial charge < -0.3 is 0 Å². The summed E-state index contributed by atoms with van der Waals surface area (Å²) in [6, 6.07) is 0. The van der Waals surface area contributed by atoms with E-state index in [0.717, 1.165) is 11.8 Å². The zero-order valence-corrected chi connectivity index (χ0v) is 15.4. The second-order valence-electron chi connectivity index (χ2n) is 7.04. The van der Waals surface area contributed by atoms with Gasteiger partial charge in [0.15, 0.2) is 0 Å². The lowest BCUT2D eigenvalue weighted by atomic mass is 10.1. The summed E-state index contributed by atoms with van der Waals surface area (Å²) in [5.74, 6) is 1.85. The predicted molar refractivity (Wildman–Crippen MR) is 92.4 cm³/mol. The SMILES string of the molecule is C/C=C/CCCCCC[CH2][Al]([CH2]C(C)C)[CH2]C(C)C. The highest BCUT2D eigenvalue weighted by molar-refractivity contribution is 6.58. The minimum atomic E-state index is -0.431. The maximum atomic E-state index is 2.40. The van der Waals surface area contributed by atoms with Gasteiger partial charge >= 0.3 is 0 Å². The van der Waals surface area contributed by atoms with Gasteiger partial charge in [0.25, 0.3) is 14.1 Å². The predicted octanol–water partition coefficient (Wildman–Crippen LogP) is 6.71. The molecular formula is C18H37Al. The van der Waals surface area contributed by atoms with E-state index in [0.29, 0.717) is 0 Å². The van der Waals surface area contributed by atoms with Gasteiger partial charge in [0.1, 0.15) is 0 Å². The Balaban J connectivity index is 3.57. The van der Waals surface area contributed by atoms with E-state index < -0.39 is 14.1 Å². The fourth-order valence-corrected chi connectivity index (χ4v) is 7.25. The topological polar surface area (TPSA) is 0 Å². The molecule has 112 valence electrons. The number of hydrogen-bond acceptors (Lipinski definition) is 0. The normalized spacial score (nSPS) is 11.9. The minimum absolute atomic E-state index is 0.431. The molecule has 1 heteroatoms. The third-order valence-electron chi connectivity index (χ3n) is 3.83. The Kier molecular flexibility index (Phi) is 13.5. The summed E-state index contributed by atoms with van der Waals surface area (Å²) < 4.78 is 0. The first-order chi connectivity index (χ1) is 9.06. The van der Waals surface area contributed by atoms with Gasteiger partial charge in [-0.05, 0) is 19.8 Å². The molecule has 0 fully saturated rings. The standard InChI is InChI=1S/C10H19.2C4H9.Al/c1-3-5-7-9-10-8-6-4-2;2*1-4(2)3;/h4,6H,1,3,5,7-10H2,2H3;2*4H,1H2,2-3H3;/b6-4+;;;. The third-order valence-corrected chi connectivity index (χ3v) is 8.27. The lowest BCUT2D eigenvalue weighted by molar-refractivity contribution is 0.628. The highest BCUT2D eigenvalue weighted by Gasteiger charge is 2.18. The van der Waals surface area contributed by atoms with Crippen molar-refractivity contribution in [2.75, 3.05) is 0 Å². The fraction of sp³-hybridized carbons (Fsp3) is 0.889. The molecule has 0 amide bonds. The Morgan fingerprint density at radius 1 is 0.789 bits per heavy atom. The van der Waals surface area contributed by atoms with E-state index >= 15 is 0 Å². The lowest BCUT2D eigenvalue weighted by Crippen LogP contribution is -2.17. The zero-order chi connectivity index (χ0) is 14.5. The average molecular weight is 280 g/mol. The first kappa shape index (κ1) is 19.3. The quantitative estimate of drug-likeness (QED) is 0.212. The Hall–Kier alpha value is 0.272. The van der Waals surface area contributed by atoms with Crippen molar-refractivity contribution in [2.45, 2.75) is 89.0 Å². The van der Waals surface area contributed by atoms with Crippen LogP contribution in [0.1, 0.15) is 73.1 Å². The molecule has 0 aliphatic rings. The Labute approximate surface area is 127 Å². The van der Waals surface area contributed by atoms with Gasteiger partial charge in [-0.1, -0.05) is 93.2 Å². The first-order valence-electron chi connectivity index (χ1n) is 8.67. The Morgan fingerprint density at radius 3 is 1.84 bits per heavy atom. The molecule has 0 aromatic carbocycles. The van der Waals surface area contributed by atoms with Crippen LogP contribution < -0.4 is 0 Å². The number of unbranched alkanes of at least 4 members (excludes halogenated alkanes) is 5. The summed E-state index contributed by atoms with van der Waals surface area (Å²) in [5.41, 5.74) is 0. The van der Waals surface area contributed by atoms with Crippen LogP contribution in [0.3, 0.4) is 0 Å². The highest BCUT2D eigenvalue weighted by atomic mass is 27.2. The van der Waals surface area contributed by atoms with Crippen molar-refractivity contribution in [3.05, 3.63) is 12.2 Å². The van der Waals surface area contributed by atoms with Crippen molar-refractivity contribution >= 4 is 14.1 Å². The molecule has 0 bridgehead atoms. The van der Waals surface area contributed by atoms with Gasteiger partial charge in [0.2, 0.25) is 0 Å². The second kappa shape index (κ2) is 13.3. The molecular weight excluding hydrogens is 243 g/mol. The average Bonchev–Trinajstić information content (AvgIpc) is 2.30. The van der Waals surface area contributed by atoms with E-state index in [4.69, 9.17) is 0 Å². The maximum Gasteiger partial charge on any atom is 0.262 e. The van der Waals surface area contributed by atoms with Crippen molar-refractivity contribution in [1.82, 2.24) is 0 Å². The molecule has 0 unspecified atom stereocenters. The Morgan fingerprint density at radius 2 is 1.32 bits per heavy atom. The molecule has 0 heterocycles. The second-order valence-corrected chi connectivity index (χ2v) is 10.3. The molecule has 19 heavy (non-hydrogen) atoms. The van der Waals surface area contributed by atoms with Gasteiger partial charge in [-0.2, -0.15) is 0 Å². The van der Waals surface area contributed by atoms with E-state index in [9.17, 15) is 0 Å². The van der Waals surface area contributed by atoms with Crippen LogP contribution >= 0.6 is 0 Å². The van der Waals surface area contributed by atoms with Crippen LogP contribution in [0, 0.1) is 11.8 Å². The molecule has 0 N–H and O–H groups in total. The molecule has 0 aliphatic heterocycles. The van der Waals surface area contributed by atoms with Crippen LogP contribution in [0.15, 0.2) is 12.2 Å². The van der Waals surface area contributed by atoms with Gasteiger partial charge in [0, 0.05) is 0 Å². The molecule has 0 saturated carbocycles. The van der Waals surface area contributed by atoms with E-state index in [1.165, 1.54) is 38.5 Å². The monoisotopic (exact) mass is 280 g/mol.